The summed E-state index contributed by atoms with van der Waals surface area (Å²) in [6, 6.07) is 16.5. The quantitative estimate of drug-likeness (QED) is 0.658. The summed E-state index contributed by atoms with van der Waals surface area (Å²) in [5.74, 6) is -3.36. The molecule has 160 valence electrons. The second-order valence-corrected chi connectivity index (χ2v) is 8.58. The average Bonchev–Trinajstić information content (AvgIpc) is 2.97. The molecule has 4 unspecified atom stereocenters. The Morgan fingerprint density at radius 2 is 1.75 bits per heavy atom. The van der Waals surface area contributed by atoms with Crippen LogP contribution in [-0.4, -0.2) is 13.0 Å². The van der Waals surface area contributed by atoms with Gasteiger partial charge >= 0.3 is 0 Å². The Bertz CT molecular complexity index is 1230. The van der Waals surface area contributed by atoms with E-state index in [1.807, 2.05) is 18.2 Å². The van der Waals surface area contributed by atoms with Crippen LogP contribution < -0.4 is 4.74 Å². The first-order valence-corrected chi connectivity index (χ1v) is 10.3. The number of halogens is 2. The summed E-state index contributed by atoms with van der Waals surface area (Å²) in [6.45, 7) is 1.59. The van der Waals surface area contributed by atoms with Crippen molar-refractivity contribution in [2.24, 2.45) is 16.7 Å². The van der Waals surface area contributed by atoms with Crippen molar-refractivity contribution in [2.75, 3.05) is 7.11 Å². The van der Waals surface area contributed by atoms with Gasteiger partial charge in [-0.1, -0.05) is 22.9 Å². The summed E-state index contributed by atoms with van der Waals surface area (Å²) in [6.07, 6.45) is -1.52. The largest absolute Gasteiger partial charge is 0.497 e. The fourth-order valence-electron chi connectivity index (χ4n) is 4.69. The van der Waals surface area contributed by atoms with Gasteiger partial charge in [-0.2, -0.15) is 15.8 Å². The third-order valence-corrected chi connectivity index (χ3v) is 6.89. The van der Waals surface area contributed by atoms with E-state index in [1.54, 1.807) is 31.2 Å². The number of ether oxygens (including phenoxy) is 3. The van der Waals surface area contributed by atoms with E-state index in [4.69, 9.17) is 19.6 Å². The number of nitriles is 3. The van der Waals surface area contributed by atoms with E-state index in [-0.39, 0.29) is 5.56 Å². The maximum Gasteiger partial charge on any atom is 0.244 e. The minimum Gasteiger partial charge on any atom is -0.497 e. The molecule has 0 aromatic heterocycles. The minimum atomic E-state index is -2.24. The molecule has 9 heteroatoms. The average molecular weight is 495 g/mol. The van der Waals surface area contributed by atoms with Gasteiger partial charge in [0.25, 0.3) is 0 Å². The van der Waals surface area contributed by atoms with E-state index in [0.717, 1.165) is 0 Å². The Morgan fingerprint density at radius 3 is 2.31 bits per heavy atom. The molecule has 2 aliphatic rings. The molecule has 0 amide bonds. The van der Waals surface area contributed by atoms with E-state index in [9.17, 15) is 20.2 Å². The molecule has 2 saturated heterocycles. The predicted octanol–water partition coefficient (Wildman–Crippen LogP) is 4.71. The highest BCUT2D eigenvalue weighted by molar-refractivity contribution is 9.10. The van der Waals surface area contributed by atoms with Crippen LogP contribution in [0.25, 0.3) is 0 Å². The van der Waals surface area contributed by atoms with Crippen molar-refractivity contribution in [3.05, 3.63) is 63.9 Å². The second kappa shape index (κ2) is 7.31. The summed E-state index contributed by atoms with van der Waals surface area (Å²) in [5.41, 5.74) is -3.90. The van der Waals surface area contributed by atoms with Gasteiger partial charge in [0.2, 0.25) is 17.1 Å². The molecule has 7 nitrogen and oxygen atoms in total. The van der Waals surface area contributed by atoms with E-state index >= 15 is 0 Å². The minimum absolute atomic E-state index is 0.0924. The van der Waals surface area contributed by atoms with Gasteiger partial charge in [-0.05, 0) is 42.5 Å². The topological polar surface area (TPSA) is 123 Å². The monoisotopic (exact) mass is 494 g/mol. The van der Waals surface area contributed by atoms with Crippen molar-refractivity contribution in [3.8, 4) is 24.0 Å². The molecule has 2 fully saturated rings. The number of fused-ring (bicyclic) bond motifs is 2. The lowest BCUT2D eigenvalue weighted by atomic mass is 9.53. The van der Waals surface area contributed by atoms with Gasteiger partial charge in [0, 0.05) is 15.6 Å². The Kier molecular flexibility index (Phi) is 4.97. The molecule has 4 atom stereocenters. The van der Waals surface area contributed by atoms with Crippen molar-refractivity contribution in [1.29, 1.82) is 21.2 Å². The molecule has 2 aliphatic heterocycles. The van der Waals surface area contributed by atoms with Gasteiger partial charge in [-0.15, -0.1) is 0 Å². The maximum absolute atomic E-state index is 15.0. The van der Waals surface area contributed by atoms with Gasteiger partial charge in [0.05, 0.1) is 31.2 Å². The van der Waals surface area contributed by atoms with Crippen molar-refractivity contribution in [3.63, 3.8) is 0 Å². The number of hydrogen-bond donors (Lipinski definition) is 1. The molecule has 2 heterocycles. The first-order valence-electron chi connectivity index (χ1n) is 9.55. The van der Waals surface area contributed by atoms with E-state index in [0.29, 0.717) is 15.8 Å². The summed E-state index contributed by atoms with van der Waals surface area (Å²) < 4.78 is 32.8. The number of methoxy groups -OCH3 is 1. The first kappa shape index (κ1) is 21.8. The maximum atomic E-state index is 15.0. The van der Waals surface area contributed by atoms with E-state index in [1.165, 1.54) is 25.3 Å². The Balaban J connectivity index is 2.04. The molecule has 2 bridgehead atoms. The third kappa shape index (κ3) is 2.48. The molecule has 0 spiro atoms. The van der Waals surface area contributed by atoms with Gasteiger partial charge in [0.1, 0.15) is 17.7 Å². The van der Waals surface area contributed by atoms with Crippen LogP contribution in [0.15, 0.2) is 46.9 Å². The van der Waals surface area contributed by atoms with Crippen molar-refractivity contribution in [1.82, 2.24) is 0 Å². The Morgan fingerprint density at radius 1 is 1.09 bits per heavy atom. The van der Waals surface area contributed by atoms with Crippen LogP contribution in [0.2, 0.25) is 0 Å². The van der Waals surface area contributed by atoms with E-state index in [2.05, 4.69) is 15.9 Å². The number of hydrogen-bond acceptors (Lipinski definition) is 7. The number of nitrogens with zero attached hydrogens (tertiary/aromatic N) is 3. The predicted molar refractivity (Wildman–Crippen MR) is 112 cm³/mol. The van der Waals surface area contributed by atoms with Crippen LogP contribution in [0.4, 0.5) is 4.39 Å². The molecule has 4 rings (SSSR count). The van der Waals surface area contributed by atoms with E-state index < -0.39 is 40.4 Å². The fraction of sp³-hybridized carbons (Fsp3) is 0.304. The van der Waals surface area contributed by atoms with Crippen LogP contribution in [-0.2, 0) is 15.3 Å². The summed E-state index contributed by atoms with van der Waals surface area (Å²) in [7, 11) is 1.51. The Labute approximate surface area is 192 Å². The SMILES string of the molecule is COc1ccc(C23OC(=N)C(C#N)(C2C)C(C#N)(C#N)C(c2cc(Br)ccc2F)O3)cc1. The molecule has 0 radical (unpaired) electrons. The highest BCUT2D eigenvalue weighted by Crippen LogP contribution is 2.69. The molecule has 2 aromatic rings. The Hall–Kier alpha value is -3.45. The smallest absolute Gasteiger partial charge is 0.244 e. The first-order chi connectivity index (χ1) is 15.3. The van der Waals surface area contributed by atoms with Crippen molar-refractivity contribution in [2.45, 2.75) is 18.8 Å². The van der Waals surface area contributed by atoms with Gasteiger partial charge in [-0.3, -0.25) is 5.41 Å². The summed E-state index contributed by atoms with van der Waals surface area (Å²) in [4.78, 5) is 0. The van der Waals surface area contributed by atoms with Crippen molar-refractivity contribution >= 4 is 21.8 Å². The molecule has 2 aromatic carbocycles. The normalized spacial score (nSPS) is 29.8. The van der Waals surface area contributed by atoms with Gasteiger partial charge < -0.3 is 14.2 Å². The number of nitrogens with one attached hydrogen (secondary N) is 1. The summed E-state index contributed by atoms with van der Waals surface area (Å²) in [5, 5.41) is 39.3. The van der Waals surface area contributed by atoms with Crippen LogP contribution in [0.3, 0.4) is 0 Å². The molecule has 0 saturated carbocycles. The number of rotatable bonds is 3. The van der Waals surface area contributed by atoms with Gasteiger partial charge in [0.15, 0.2) is 5.41 Å². The summed E-state index contributed by atoms with van der Waals surface area (Å²) >= 11 is 3.28. The lowest BCUT2D eigenvalue weighted by Crippen LogP contribution is -2.57. The van der Waals surface area contributed by atoms with Crippen LogP contribution in [0.5, 0.6) is 5.75 Å². The highest BCUT2D eigenvalue weighted by atomic mass is 79.9. The molecular weight excluding hydrogens is 479 g/mol. The zero-order valence-electron chi connectivity index (χ0n) is 17.0. The standard InChI is InChI=1S/C23H16BrFN4O3/c1-13-22(12-28)20(29)32-23(13,14-3-6-16(30-2)7-4-14)31-19(21(22,10-26)11-27)17-9-15(24)5-8-18(17)25/h3-9,13,19,29H,1-2H3. The molecule has 0 aliphatic carbocycles. The van der Waals surface area contributed by atoms with Crippen LogP contribution in [0.1, 0.15) is 24.2 Å². The van der Waals surface area contributed by atoms with Gasteiger partial charge in [-0.25, -0.2) is 4.39 Å². The third-order valence-electron chi connectivity index (χ3n) is 6.40. The highest BCUT2D eigenvalue weighted by Gasteiger charge is 2.80. The lowest BCUT2D eigenvalue weighted by molar-refractivity contribution is -0.289. The van der Waals surface area contributed by atoms with Crippen LogP contribution >= 0.6 is 15.9 Å². The lowest BCUT2D eigenvalue weighted by Gasteiger charge is -2.48. The number of benzene rings is 2. The molecule has 1 N–H and O–H groups in total. The zero-order chi connectivity index (χ0) is 23.3. The van der Waals surface area contributed by atoms with Crippen molar-refractivity contribution < 1.29 is 18.6 Å². The fourth-order valence-corrected chi connectivity index (χ4v) is 5.06. The molecule has 32 heavy (non-hydrogen) atoms. The zero-order valence-corrected chi connectivity index (χ0v) is 18.6. The molecular formula is C23H16BrFN4O3. The second-order valence-electron chi connectivity index (χ2n) is 7.66. The van der Waals surface area contributed by atoms with Crippen LogP contribution in [0, 0.1) is 62.0 Å².